The molecule has 0 aliphatic rings. The van der Waals surface area contributed by atoms with Gasteiger partial charge in [0.15, 0.2) is 0 Å². The molecule has 0 fully saturated rings. The Morgan fingerprint density at radius 3 is 2.27 bits per heavy atom. The largest absolute Gasteiger partial charge is 0.497 e. The molecule has 2 rings (SSSR count). The van der Waals surface area contributed by atoms with Gasteiger partial charge in [0.05, 0.1) is 19.1 Å². The van der Waals surface area contributed by atoms with E-state index in [2.05, 4.69) is 5.32 Å². The fraction of sp³-hybridized carbons (Fsp3) is 0.417. The summed E-state index contributed by atoms with van der Waals surface area (Å²) in [6.45, 7) is 7.29. The number of hydrogen-bond donors (Lipinski definition) is 1. The van der Waals surface area contributed by atoms with E-state index in [4.69, 9.17) is 4.74 Å². The summed E-state index contributed by atoms with van der Waals surface area (Å²) in [6.07, 6.45) is 1.07. The lowest BCUT2D eigenvalue weighted by atomic mass is 10.1. The van der Waals surface area contributed by atoms with Gasteiger partial charge >= 0.3 is 0 Å². The second-order valence-electron chi connectivity index (χ2n) is 7.93. The van der Waals surface area contributed by atoms with Gasteiger partial charge in [-0.05, 0) is 62.6 Å². The van der Waals surface area contributed by atoms with Crippen LogP contribution in [-0.2, 0) is 26.2 Å². The molecule has 9 heteroatoms. The van der Waals surface area contributed by atoms with Crippen LogP contribution in [0.25, 0.3) is 0 Å². The fourth-order valence-corrected chi connectivity index (χ4v) is 4.33. The summed E-state index contributed by atoms with van der Waals surface area (Å²) >= 11 is 0. The van der Waals surface area contributed by atoms with Gasteiger partial charge in [-0.3, -0.25) is 13.9 Å². The quantitative estimate of drug-likeness (QED) is 0.570. The maximum atomic E-state index is 13.5. The van der Waals surface area contributed by atoms with Crippen molar-refractivity contribution in [3.8, 4) is 5.75 Å². The summed E-state index contributed by atoms with van der Waals surface area (Å²) in [5.41, 5.74) is 2.92. The molecule has 8 nitrogen and oxygen atoms in total. The molecule has 0 aromatic heterocycles. The number of methoxy groups -OCH3 is 1. The Kier molecular flexibility index (Phi) is 8.87. The highest BCUT2D eigenvalue weighted by molar-refractivity contribution is 7.92. The van der Waals surface area contributed by atoms with E-state index in [1.807, 2.05) is 32.0 Å². The topological polar surface area (TPSA) is 96.0 Å². The molecule has 2 amide bonds. The van der Waals surface area contributed by atoms with E-state index in [9.17, 15) is 18.0 Å². The first kappa shape index (κ1) is 26.2. The van der Waals surface area contributed by atoms with Gasteiger partial charge in [0.2, 0.25) is 21.8 Å². The fourth-order valence-electron chi connectivity index (χ4n) is 3.43. The van der Waals surface area contributed by atoms with Gasteiger partial charge in [-0.15, -0.1) is 0 Å². The minimum atomic E-state index is -3.76. The van der Waals surface area contributed by atoms with Crippen LogP contribution in [0.5, 0.6) is 5.75 Å². The number of benzene rings is 2. The van der Waals surface area contributed by atoms with Crippen molar-refractivity contribution in [2.45, 2.75) is 40.3 Å². The first-order chi connectivity index (χ1) is 15.5. The minimum Gasteiger partial charge on any atom is -0.497 e. The third-order valence-corrected chi connectivity index (χ3v) is 6.68. The average molecular weight is 476 g/mol. The number of hydrogen-bond acceptors (Lipinski definition) is 5. The van der Waals surface area contributed by atoms with Crippen molar-refractivity contribution >= 4 is 27.5 Å². The molecule has 1 N–H and O–H groups in total. The normalized spacial score (nSPS) is 12.1. The van der Waals surface area contributed by atoms with Gasteiger partial charge in [-0.1, -0.05) is 24.3 Å². The number of carbonyl (C=O) groups excluding carboxylic acids is 2. The van der Waals surface area contributed by atoms with Crippen molar-refractivity contribution in [2.75, 3.05) is 30.8 Å². The molecule has 0 heterocycles. The summed E-state index contributed by atoms with van der Waals surface area (Å²) < 4.78 is 31.6. The number of likely N-dealkylation sites (N-methyl/N-ethyl adjacent to an activating group) is 1. The summed E-state index contributed by atoms with van der Waals surface area (Å²) in [4.78, 5) is 27.4. The predicted molar refractivity (Wildman–Crippen MR) is 130 cm³/mol. The zero-order chi connectivity index (χ0) is 24.8. The molecular weight excluding hydrogens is 442 g/mol. The molecule has 2 aromatic rings. The second-order valence-corrected chi connectivity index (χ2v) is 9.84. The number of sulfonamides is 1. The number of nitrogens with one attached hydrogen (secondary N) is 1. The van der Waals surface area contributed by atoms with Gasteiger partial charge in [-0.25, -0.2) is 8.42 Å². The monoisotopic (exact) mass is 475 g/mol. The van der Waals surface area contributed by atoms with Crippen molar-refractivity contribution < 1.29 is 22.7 Å². The molecule has 180 valence electrons. The van der Waals surface area contributed by atoms with Crippen LogP contribution in [0.2, 0.25) is 0 Å². The average Bonchev–Trinajstić information content (AvgIpc) is 2.77. The molecule has 33 heavy (non-hydrogen) atoms. The number of amides is 2. The zero-order valence-electron chi connectivity index (χ0n) is 20.1. The zero-order valence-corrected chi connectivity index (χ0v) is 20.9. The van der Waals surface area contributed by atoms with Crippen molar-refractivity contribution in [2.24, 2.45) is 0 Å². The highest BCUT2D eigenvalue weighted by Crippen LogP contribution is 2.25. The third kappa shape index (κ3) is 6.71. The van der Waals surface area contributed by atoms with Gasteiger partial charge in [0.1, 0.15) is 18.3 Å². The number of aryl methyl sites for hydroxylation is 1. The molecule has 0 aliphatic carbocycles. The Morgan fingerprint density at radius 2 is 1.73 bits per heavy atom. The van der Waals surface area contributed by atoms with E-state index in [0.29, 0.717) is 18.0 Å². The molecular formula is C24H33N3O5S. The van der Waals surface area contributed by atoms with Crippen LogP contribution in [0.4, 0.5) is 5.69 Å². The molecule has 0 unspecified atom stereocenters. The predicted octanol–water partition coefficient (Wildman–Crippen LogP) is 2.63. The molecule has 0 bridgehead atoms. The maximum Gasteiger partial charge on any atom is 0.244 e. The lowest BCUT2D eigenvalue weighted by Gasteiger charge is -2.32. The number of nitrogens with zero attached hydrogens (tertiary/aromatic N) is 2. The van der Waals surface area contributed by atoms with Crippen molar-refractivity contribution in [1.82, 2.24) is 10.2 Å². The third-order valence-electron chi connectivity index (χ3n) is 5.55. The van der Waals surface area contributed by atoms with E-state index >= 15 is 0 Å². The molecule has 0 spiro atoms. The van der Waals surface area contributed by atoms with Crippen LogP contribution in [0.3, 0.4) is 0 Å². The molecule has 2 aromatic carbocycles. The summed E-state index contributed by atoms with van der Waals surface area (Å²) in [5, 5.41) is 2.73. The second kappa shape index (κ2) is 11.2. The maximum absolute atomic E-state index is 13.5. The van der Waals surface area contributed by atoms with Crippen LogP contribution in [0, 0.1) is 13.8 Å². The minimum absolute atomic E-state index is 0.144. The SMILES string of the molecule is CCNC(=O)[C@@H](C)N(Cc1ccc(OC)cc1)C(=O)CN(c1cccc(C)c1C)S(C)(=O)=O. The molecule has 0 saturated carbocycles. The smallest absolute Gasteiger partial charge is 0.244 e. The highest BCUT2D eigenvalue weighted by Gasteiger charge is 2.30. The van der Waals surface area contributed by atoms with Crippen LogP contribution in [0.1, 0.15) is 30.5 Å². The van der Waals surface area contributed by atoms with Gasteiger partial charge in [-0.2, -0.15) is 0 Å². The van der Waals surface area contributed by atoms with E-state index in [0.717, 1.165) is 27.3 Å². The van der Waals surface area contributed by atoms with Crippen molar-refractivity contribution in [1.29, 1.82) is 0 Å². The summed E-state index contributed by atoms with van der Waals surface area (Å²) in [6, 6.07) is 11.7. The Bertz CT molecular complexity index is 1080. The molecule has 1 atom stereocenters. The lowest BCUT2D eigenvalue weighted by Crippen LogP contribution is -2.51. The Hall–Kier alpha value is -3.07. The van der Waals surface area contributed by atoms with Crippen LogP contribution in [-0.4, -0.2) is 57.6 Å². The van der Waals surface area contributed by atoms with E-state index in [1.54, 1.807) is 45.2 Å². The number of anilines is 1. The Labute approximate surface area is 196 Å². The highest BCUT2D eigenvalue weighted by atomic mass is 32.2. The van der Waals surface area contributed by atoms with Crippen molar-refractivity contribution in [3.05, 3.63) is 59.2 Å². The standard InChI is InChI=1S/C24H33N3O5S/c1-7-25-24(29)19(4)26(15-20-11-13-21(32-5)14-12-20)23(28)16-27(33(6,30)31)22-10-8-9-17(2)18(22)3/h8-14,19H,7,15-16H2,1-6H3,(H,25,29)/t19-/m1/s1. The van der Waals surface area contributed by atoms with E-state index < -0.39 is 28.5 Å². The van der Waals surface area contributed by atoms with Gasteiger partial charge in [0.25, 0.3) is 0 Å². The first-order valence-electron chi connectivity index (χ1n) is 10.7. The summed E-state index contributed by atoms with van der Waals surface area (Å²) in [7, 11) is -2.19. The van der Waals surface area contributed by atoms with Crippen LogP contribution in [0.15, 0.2) is 42.5 Å². The molecule has 0 aliphatic heterocycles. The lowest BCUT2D eigenvalue weighted by molar-refractivity contribution is -0.139. The number of rotatable bonds is 10. The van der Waals surface area contributed by atoms with Crippen LogP contribution < -0.4 is 14.4 Å². The first-order valence-corrected chi connectivity index (χ1v) is 12.6. The van der Waals surface area contributed by atoms with Crippen LogP contribution >= 0.6 is 0 Å². The van der Waals surface area contributed by atoms with Crippen molar-refractivity contribution in [3.63, 3.8) is 0 Å². The number of carbonyl (C=O) groups is 2. The van der Waals surface area contributed by atoms with E-state index in [-0.39, 0.29) is 12.5 Å². The number of ether oxygens (including phenoxy) is 1. The summed E-state index contributed by atoms with van der Waals surface area (Å²) in [5.74, 6) is -0.112. The van der Waals surface area contributed by atoms with Gasteiger partial charge in [0, 0.05) is 13.1 Å². The molecule has 0 saturated heterocycles. The van der Waals surface area contributed by atoms with E-state index in [1.165, 1.54) is 4.90 Å². The molecule has 0 radical (unpaired) electrons. The Morgan fingerprint density at radius 1 is 1.09 bits per heavy atom. The van der Waals surface area contributed by atoms with Gasteiger partial charge < -0.3 is 15.0 Å². The Balaban J connectivity index is 2.41.